The Hall–Kier alpha value is -0.860. The number of aliphatic carboxylic acids is 1. The molecular formula is C13H13ClINO4. The number of hydrogen-bond donors (Lipinski definition) is 2. The number of carbonyl (C=O) groups excluding carboxylic acids is 1. The zero-order chi connectivity index (χ0) is 14.9. The van der Waals surface area contributed by atoms with Crippen molar-refractivity contribution in [1.29, 1.82) is 0 Å². The van der Waals surface area contributed by atoms with E-state index in [4.69, 9.17) is 16.3 Å². The highest BCUT2D eigenvalue weighted by atomic mass is 127. The van der Waals surface area contributed by atoms with E-state index in [-0.39, 0.29) is 19.1 Å². The average molecular weight is 410 g/mol. The standard InChI is InChI=1S/C13H13ClINO4/c1-13(12(18)19)6-20-5-10(13)16-11(17)8-4-7(14)2-3-9(8)15/h2-4,10H,5-6H2,1H3,(H,16,17)(H,18,19). The van der Waals surface area contributed by atoms with Gasteiger partial charge in [0.05, 0.1) is 24.8 Å². The van der Waals surface area contributed by atoms with Crippen LogP contribution < -0.4 is 5.32 Å². The lowest BCUT2D eigenvalue weighted by Gasteiger charge is -2.25. The molecule has 20 heavy (non-hydrogen) atoms. The van der Waals surface area contributed by atoms with Crippen LogP contribution in [0, 0.1) is 8.99 Å². The second-order valence-corrected chi connectivity index (χ2v) is 6.49. The molecule has 0 bridgehead atoms. The van der Waals surface area contributed by atoms with Crippen LogP contribution >= 0.6 is 34.2 Å². The molecule has 2 atom stereocenters. The lowest BCUT2D eigenvalue weighted by atomic mass is 9.85. The molecule has 1 saturated heterocycles. The van der Waals surface area contributed by atoms with E-state index in [1.807, 2.05) is 22.6 Å². The van der Waals surface area contributed by atoms with Gasteiger partial charge >= 0.3 is 5.97 Å². The Morgan fingerprint density at radius 1 is 1.55 bits per heavy atom. The molecule has 108 valence electrons. The van der Waals surface area contributed by atoms with Crippen LogP contribution in [0.1, 0.15) is 17.3 Å². The maximum Gasteiger partial charge on any atom is 0.313 e. The van der Waals surface area contributed by atoms with Crippen molar-refractivity contribution in [3.8, 4) is 0 Å². The van der Waals surface area contributed by atoms with E-state index in [1.54, 1.807) is 25.1 Å². The highest BCUT2D eigenvalue weighted by Gasteiger charge is 2.47. The van der Waals surface area contributed by atoms with E-state index >= 15 is 0 Å². The minimum atomic E-state index is -1.11. The molecule has 7 heteroatoms. The molecule has 2 rings (SSSR count). The number of halogens is 2. The van der Waals surface area contributed by atoms with Gasteiger partial charge in [0.25, 0.3) is 5.91 Å². The van der Waals surface area contributed by atoms with Crippen molar-refractivity contribution >= 4 is 46.1 Å². The molecule has 0 saturated carbocycles. The van der Waals surface area contributed by atoms with Crippen LogP contribution in [0.2, 0.25) is 5.02 Å². The summed E-state index contributed by atoms with van der Waals surface area (Å²) in [6.45, 7) is 1.84. The van der Waals surface area contributed by atoms with Crippen LogP contribution in [0.4, 0.5) is 0 Å². The number of hydrogen-bond acceptors (Lipinski definition) is 3. The fourth-order valence-electron chi connectivity index (χ4n) is 1.99. The minimum absolute atomic E-state index is 0.0833. The maximum absolute atomic E-state index is 12.3. The summed E-state index contributed by atoms with van der Waals surface area (Å²) >= 11 is 7.92. The van der Waals surface area contributed by atoms with Crippen molar-refractivity contribution in [3.63, 3.8) is 0 Å². The molecule has 2 unspecified atom stereocenters. The molecule has 5 nitrogen and oxygen atoms in total. The predicted octanol–water partition coefficient (Wildman–Crippen LogP) is 2.16. The fourth-order valence-corrected chi connectivity index (χ4v) is 2.75. The number of rotatable bonds is 3. The Kier molecular flexibility index (Phi) is 4.55. The van der Waals surface area contributed by atoms with E-state index in [2.05, 4.69) is 5.32 Å². The van der Waals surface area contributed by atoms with E-state index in [0.29, 0.717) is 10.6 Å². The van der Waals surface area contributed by atoms with Crippen LogP contribution in [-0.4, -0.2) is 36.2 Å². The van der Waals surface area contributed by atoms with Gasteiger partial charge in [0.15, 0.2) is 0 Å². The van der Waals surface area contributed by atoms with Crippen LogP contribution in [0.15, 0.2) is 18.2 Å². The van der Waals surface area contributed by atoms with Crippen LogP contribution in [0.3, 0.4) is 0 Å². The summed E-state index contributed by atoms with van der Waals surface area (Å²) in [5, 5.41) is 12.5. The molecule has 0 spiro atoms. The third-order valence-corrected chi connectivity index (χ3v) is 4.60. The summed E-state index contributed by atoms with van der Waals surface area (Å²) < 4.78 is 5.95. The molecule has 1 aliphatic rings. The molecule has 0 aromatic heterocycles. The average Bonchev–Trinajstić information content (AvgIpc) is 2.75. The number of carboxylic acids is 1. The minimum Gasteiger partial charge on any atom is -0.481 e. The van der Waals surface area contributed by atoms with Gasteiger partial charge in [-0.3, -0.25) is 9.59 Å². The fraction of sp³-hybridized carbons (Fsp3) is 0.385. The highest BCUT2D eigenvalue weighted by molar-refractivity contribution is 14.1. The van der Waals surface area contributed by atoms with Crippen molar-refractivity contribution in [2.24, 2.45) is 5.41 Å². The quantitative estimate of drug-likeness (QED) is 0.750. The third-order valence-electron chi connectivity index (χ3n) is 3.42. The predicted molar refractivity (Wildman–Crippen MR) is 82.0 cm³/mol. The van der Waals surface area contributed by atoms with Gasteiger partial charge in [-0.2, -0.15) is 0 Å². The molecule has 1 aliphatic heterocycles. The van der Waals surface area contributed by atoms with Gasteiger partial charge in [-0.05, 0) is 47.7 Å². The summed E-state index contributed by atoms with van der Waals surface area (Å²) in [6.07, 6.45) is 0. The normalized spacial score (nSPS) is 25.4. The van der Waals surface area contributed by atoms with Gasteiger partial charge in [-0.15, -0.1) is 0 Å². The topological polar surface area (TPSA) is 75.6 Å². The molecule has 0 aliphatic carbocycles. The Balaban J connectivity index is 2.19. The summed E-state index contributed by atoms with van der Waals surface area (Å²) in [5.41, 5.74) is -0.683. The van der Waals surface area contributed by atoms with Crippen molar-refractivity contribution < 1.29 is 19.4 Å². The van der Waals surface area contributed by atoms with Gasteiger partial charge in [0.2, 0.25) is 0 Å². The SMILES string of the molecule is CC1(C(=O)O)COCC1NC(=O)c1cc(Cl)ccc1I. The van der Waals surface area contributed by atoms with Crippen molar-refractivity contribution in [3.05, 3.63) is 32.4 Å². The zero-order valence-corrected chi connectivity index (χ0v) is 13.6. The third kappa shape index (κ3) is 2.91. The molecule has 1 aromatic rings. The molecule has 1 aromatic carbocycles. The van der Waals surface area contributed by atoms with Crippen molar-refractivity contribution in [2.75, 3.05) is 13.2 Å². The van der Waals surface area contributed by atoms with Gasteiger partial charge in [0.1, 0.15) is 5.41 Å². The van der Waals surface area contributed by atoms with E-state index in [9.17, 15) is 14.7 Å². The van der Waals surface area contributed by atoms with E-state index in [0.717, 1.165) is 3.57 Å². The Bertz CT molecular complexity index is 565. The maximum atomic E-state index is 12.3. The largest absolute Gasteiger partial charge is 0.481 e. The second kappa shape index (κ2) is 5.87. The first-order valence-corrected chi connectivity index (χ1v) is 7.37. The highest BCUT2D eigenvalue weighted by Crippen LogP contribution is 2.29. The molecule has 1 fully saturated rings. The number of nitrogens with one attached hydrogen (secondary N) is 1. The van der Waals surface area contributed by atoms with Gasteiger partial charge in [0, 0.05) is 8.59 Å². The van der Waals surface area contributed by atoms with E-state index in [1.165, 1.54) is 0 Å². The molecule has 0 radical (unpaired) electrons. The Morgan fingerprint density at radius 2 is 2.25 bits per heavy atom. The van der Waals surface area contributed by atoms with Crippen LogP contribution in [-0.2, 0) is 9.53 Å². The second-order valence-electron chi connectivity index (χ2n) is 4.89. The van der Waals surface area contributed by atoms with Crippen molar-refractivity contribution in [2.45, 2.75) is 13.0 Å². The number of carbonyl (C=O) groups is 2. The zero-order valence-electron chi connectivity index (χ0n) is 10.7. The summed E-state index contributed by atoms with van der Waals surface area (Å²) in [5.74, 6) is -1.33. The first kappa shape index (κ1) is 15.5. The van der Waals surface area contributed by atoms with Crippen molar-refractivity contribution in [1.82, 2.24) is 5.32 Å². The van der Waals surface area contributed by atoms with Crippen LogP contribution in [0.5, 0.6) is 0 Å². The summed E-state index contributed by atoms with van der Waals surface area (Å²) in [6, 6.07) is 4.42. The monoisotopic (exact) mass is 409 g/mol. The number of amides is 1. The van der Waals surface area contributed by atoms with Crippen LogP contribution in [0.25, 0.3) is 0 Å². The Labute approximate surface area is 134 Å². The number of benzene rings is 1. The van der Waals surface area contributed by atoms with E-state index < -0.39 is 17.4 Å². The summed E-state index contributed by atoms with van der Waals surface area (Å²) in [4.78, 5) is 23.6. The summed E-state index contributed by atoms with van der Waals surface area (Å²) in [7, 11) is 0. The molecule has 1 heterocycles. The number of ether oxygens (including phenoxy) is 1. The first-order valence-electron chi connectivity index (χ1n) is 5.91. The molecule has 1 amide bonds. The smallest absolute Gasteiger partial charge is 0.313 e. The molecular weight excluding hydrogens is 397 g/mol. The van der Waals surface area contributed by atoms with Gasteiger partial charge in [-0.25, -0.2) is 0 Å². The Morgan fingerprint density at radius 3 is 2.90 bits per heavy atom. The lowest BCUT2D eigenvalue weighted by molar-refractivity contribution is -0.148. The lowest BCUT2D eigenvalue weighted by Crippen LogP contribution is -2.49. The molecule has 2 N–H and O–H groups in total. The number of carboxylic acid groups (broad SMARTS) is 1. The van der Waals surface area contributed by atoms with Gasteiger partial charge < -0.3 is 15.2 Å². The van der Waals surface area contributed by atoms with Gasteiger partial charge in [-0.1, -0.05) is 11.6 Å². The first-order chi connectivity index (χ1) is 9.34.